The lowest BCUT2D eigenvalue weighted by Crippen LogP contribution is -2.30. The van der Waals surface area contributed by atoms with E-state index in [4.69, 9.17) is 9.84 Å². The summed E-state index contributed by atoms with van der Waals surface area (Å²) < 4.78 is 5.04. The summed E-state index contributed by atoms with van der Waals surface area (Å²) in [5.74, 6) is -1.96. The lowest BCUT2D eigenvalue weighted by Gasteiger charge is -2.17. The lowest BCUT2D eigenvalue weighted by molar-refractivity contribution is -0.156. The molecule has 5 nitrogen and oxygen atoms in total. The van der Waals surface area contributed by atoms with Gasteiger partial charge in [0, 0.05) is 6.04 Å². The number of carbonyl (C=O) groups excluding carboxylic acids is 1. The van der Waals surface area contributed by atoms with Crippen molar-refractivity contribution in [2.24, 2.45) is 5.92 Å². The van der Waals surface area contributed by atoms with Gasteiger partial charge in [0.2, 0.25) is 0 Å². The molecule has 0 saturated heterocycles. The summed E-state index contributed by atoms with van der Waals surface area (Å²) in [4.78, 5) is 22.3. The van der Waals surface area contributed by atoms with Crippen LogP contribution in [0.4, 0.5) is 0 Å². The molecule has 5 heteroatoms. The maximum absolute atomic E-state index is 11.7. The topological polar surface area (TPSA) is 75.6 Å². The molecule has 1 atom stereocenters. The monoisotopic (exact) mass is 245 g/mol. The van der Waals surface area contributed by atoms with E-state index in [1.807, 2.05) is 13.8 Å². The van der Waals surface area contributed by atoms with Crippen LogP contribution in [0.15, 0.2) is 0 Å². The first-order valence-electron chi connectivity index (χ1n) is 5.98. The minimum Gasteiger partial charge on any atom is -0.481 e. The van der Waals surface area contributed by atoms with Crippen molar-refractivity contribution in [2.75, 3.05) is 6.54 Å². The van der Waals surface area contributed by atoms with Crippen LogP contribution >= 0.6 is 0 Å². The standard InChI is InChI=1S/C12H23NO4/c1-8(2)13-6-5-10(7-11(14)15)12(16)17-9(3)4/h8-10,13H,5-7H2,1-4H3,(H,14,15). The van der Waals surface area contributed by atoms with Crippen LogP contribution < -0.4 is 5.32 Å². The average molecular weight is 245 g/mol. The van der Waals surface area contributed by atoms with Crippen LogP contribution in [-0.2, 0) is 14.3 Å². The molecule has 0 spiro atoms. The van der Waals surface area contributed by atoms with Gasteiger partial charge < -0.3 is 15.2 Å². The molecule has 0 aromatic rings. The summed E-state index contributed by atoms with van der Waals surface area (Å²) in [5.41, 5.74) is 0. The maximum atomic E-state index is 11.7. The smallest absolute Gasteiger partial charge is 0.309 e. The van der Waals surface area contributed by atoms with E-state index >= 15 is 0 Å². The van der Waals surface area contributed by atoms with Gasteiger partial charge in [-0.1, -0.05) is 13.8 Å². The number of hydrogen-bond acceptors (Lipinski definition) is 4. The molecule has 0 rings (SSSR count). The zero-order chi connectivity index (χ0) is 13.4. The average Bonchev–Trinajstić information content (AvgIpc) is 2.13. The van der Waals surface area contributed by atoms with Crippen molar-refractivity contribution >= 4 is 11.9 Å². The number of aliphatic carboxylic acids is 1. The van der Waals surface area contributed by atoms with Gasteiger partial charge in [-0.15, -0.1) is 0 Å². The Morgan fingerprint density at radius 2 is 1.82 bits per heavy atom. The molecular formula is C12H23NO4. The first-order valence-corrected chi connectivity index (χ1v) is 5.98. The predicted molar refractivity (Wildman–Crippen MR) is 64.7 cm³/mol. The Morgan fingerprint density at radius 3 is 2.24 bits per heavy atom. The van der Waals surface area contributed by atoms with Gasteiger partial charge in [-0.25, -0.2) is 0 Å². The molecule has 0 aliphatic rings. The fourth-order valence-corrected chi connectivity index (χ4v) is 1.39. The van der Waals surface area contributed by atoms with Gasteiger partial charge in [-0.05, 0) is 26.8 Å². The molecule has 0 bridgehead atoms. The fraction of sp³-hybridized carbons (Fsp3) is 0.833. The van der Waals surface area contributed by atoms with Crippen LogP contribution in [0.5, 0.6) is 0 Å². The maximum Gasteiger partial charge on any atom is 0.309 e. The molecule has 100 valence electrons. The van der Waals surface area contributed by atoms with E-state index < -0.39 is 17.9 Å². The van der Waals surface area contributed by atoms with Gasteiger partial charge in [0.25, 0.3) is 0 Å². The number of esters is 1. The van der Waals surface area contributed by atoms with Gasteiger partial charge in [-0.3, -0.25) is 9.59 Å². The molecule has 0 radical (unpaired) electrons. The molecule has 0 fully saturated rings. The molecule has 0 heterocycles. The van der Waals surface area contributed by atoms with E-state index in [1.54, 1.807) is 13.8 Å². The van der Waals surface area contributed by atoms with E-state index in [0.29, 0.717) is 19.0 Å². The fourth-order valence-electron chi connectivity index (χ4n) is 1.39. The number of rotatable bonds is 8. The van der Waals surface area contributed by atoms with Crippen molar-refractivity contribution in [2.45, 2.75) is 52.7 Å². The molecule has 0 aliphatic heterocycles. The number of carboxylic acid groups (broad SMARTS) is 1. The molecule has 0 aliphatic carbocycles. The van der Waals surface area contributed by atoms with Gasteiger partial charge in [-0.2, -0.15) is 0 Å². The Kier molecular flexibility index (Phi) is 7.54. The minimum absolute atomic E-state index is 0.175. The summed E-state index contributed by atoms with van der Waals surface area (Å²) in [6, 6.07) is 0.321. The van der Waals surface area contributed by atoms with Gasteiger partial charge in [0.1, 0.15) is 0 Å². The van der Waals surface area contributed by atoms with Gasteiger partial charge in [0.05, 0.1) is 18.4 Å². The van der Waals surface area contributed by atoms with E-state index in [-0.39, 0.29) is 12.5 Å². The number of carbonyl (C=O) groups is 2. The Hall–Kier alpha value is -1.10. The van der Waals surface area contributed by atoms with Crippen LogP contribution in [0, 0.1) is 5.92 Å². The lowest BCUT2D eigenvalue weighted by atomic mass is 10.0. The van der Waals surface area contributed by atoms with Crippen molar-refractivity contribution < 1.29 is 19.4 Å². The van der Waals surface area contributed by atoms with Crippen molar-refractivity contribution in [3.63, 3.8) is 0 Å². The molecule has 17 heavy (non-hydrogen) atoms. The van der Waals surface area contributed by atoms with E-state index in [2.05, 4.69) is 5.32 Å². The zero-order valence-electron chi connectivity index (χ0n) is 11.0. The normalized spacial score (nSPS) is 12.8. The summed E-state index contributed by atoms with van der Waals surface area (Å²) >= 11 is 0. The number of carboxylic acids is 1. The van der Waals surface area contributed by atoms with Crippen LogP contribution in [0.3, 0.4) is 0 Å². The number of hydrogen-bond donors (Lipinski definition) is 2. The highest BCUT2D eigenvalue weighted by Gasteiger charge is 2.23. The third-order valence-corrected chi connectivity index (χ3v) is 2.15. The van der Waals surface area contributed by atoms with Crippen LogP contribution in [-0.4, -0.2) is 35.7 Å². The predicted octanol–water partition coefficient (Wildman–Crippen LogP) is 1.42. The highest BCUT2D eigenvalue weighted by atomic mass is 16.5. The molecule has 0 saturated carbocycles. The van der Waals surface area contributed by atoms with E-state index in [9.17, 15) is 9.59 Å². The summed E-state index contributed by atoms with van der Waals surface area (Å²) in [7, 11) is 0. The SMILES string of the molecule is CC(C)NCCC(CC(=O)O)C(=O)OC(C)C. The van der Waals surface area contributed by atoms with Crippen LogP contribution in [0.1, 0.15) is 40.5 Å². The number of nitrogens with one attached hydrogen (secondary N) is 1. The zero-order valence-corrected chi connectivity index (χ0v) is 11.0. The first kappa shape index (κ1) is 15.9. The summed E-state index contributed by atoms with van der Waals surface area (Å²) in [6.45, 7) is 8.12. The Balaban J connectivity index is 4.22. The van der Waals surface area contributed by atoms with Crippen molar-refractivity contribution in [1.29, 1.82) is 0 Å². The summed E-state index contributed by atoms with van der Waals surface area (Å²) in [6.07, 6.45) is 0.0957. The molecule has 1 unspecified atom stereocenters. The molecule has 2 N–H and O–H groups in total. The van der Waals surface area contributed by atoms with Crippen LogP contribution in [0.2, 0.25) is 0 Å². The number of ether oxygens (including phenoxy) is 1. The molecule has 0 amide bonds. The van der Waals surface area contributed by atoms with Crippen LogP contribution in [0.25, 0.3) is 0 Å². The minimum atomic E-state index is -0.972. The second-order valence-electron chi connectivity index (χ2n) is 4.68. The van der Waals surface area contributed by atoms with Crippen molar-refractivity contribution in [1.82, 2.24) is 5.32 Å². The quantitative estimate of drug-likeness (QED) is 0.632. The van der Waals surface area contributed by atoms with E-state index in [0.717, 1.165) is 0 Å². The Morgan fingerprint density at radius 1 is 1.24 bits per heavy atom. The highest BCUT2D eigenvalue weighted by molar-refractivity contribution is 5.79. The second kappa shape index (κ2) is 8.06. The third-order valence-electron chi connectivity index (χ3n) is 2.15. The first-order chi connectivity index (χ1) is 7.82. The van der Waals surface area contributed by atoms with E-state index in [1.165, 1.54) is 0 Å². The van der Waals surface area contributed by atoms with Gasteiger partial charge in [0.15, 0.2) is 0 Å². The molecule has 0 aromatic carbocycles. The van der Waals surface area contributed by atoms with Crippen molar-refractivity contribution in [3.8, 4) is 0 Å². The van der Waals surface area contributed by atoms with Crippen molar-refractivity contribution in [3.05, 3.63) is 0 Å². The largest absolute Gasteiger partial charge is 0.481 e. The highest BCUT2D eigenvalue weighted by Crippen LogP contribution is 2.12. The molecular weight excluding hydrogens is 222 g/mol. The Bertz CT molecular complexity index is 251. The molecule has 0 aromatic heterocycles. The second-order valence-corrected chi connectivity index (χ2v) is 4.68. The summed E-state index contributed by atoms with van der Waals surface area (Å²) in [5, 5.41) is 11.9. The third kappa shape index (κ3) is 8.68. The van der Waals surface area contributed by atoms with Gasteiger partial charge >= 0.3 is 11.9 Å². The Labute approximate surface area is 103 Å².